The molecule has 0 amide bonds. The molecule has 0 radical (unpaired) electrons. The summed E-state index contributed by atoms with van der Waals surface area (Å²) in [5.41, 5.74) is 1.17. The van der Waals surface area contributed by atoms with Gasteiger partial charge < -0.3 is 0 Å². The van der Waals surface area contributed by atoms with Crippen LogP contribution < -0.4 is 0 Å². The molecule has 1 aliphatic rings. The number of pyridine rings is 3. The highest BCUT2D eigenvalue weighted by atomic mass is 19.2. The van der Waals surface area contributed by atoms with Gasteiger partial charge in [0.2, 0.25) is 5.95 Å². The zero-order chi connectivity index (χ0) is 17.6. The fourth-order valence-electron chi connectivity index (χ4n) is 2.91. The third-order valence-electron chi connectivity index (χ3n) is 3.92. The van der Waals surface area contributed by atoms with Gasteiger partial charge in [-0.1, -0.05) is 12.1 Å². The molecule has 0 unspecified atom stereocenters. The van der Waals surface area contributed by atoms with Gasteiger partial charge in [0.1, 0.15) is 6.07 Å². The zero-order valence-electron chi connectivity index (χ0n) is 12.5. The monoisotopic (exact) mass is 336 g/mol. The Morgan fingerprint density at radius 1 is 0.920 bits per heavy atom. The highest BCUT2D eigenvalue weighted by Crippen LogP contribution is 2.45. The van der Waals surface area contributed by atoms with Gasteiger partial charge in [0.15, 0.2) is 11.6 Å². The van der Waals surface area contributed by atoms with Crippen LogP contribution in [0.3, 0.4) is 0 Å². The van der Waals surface area contributed by atoms with Crippen molar-refractivity contribution >= 4 is 11.1 Å². The Labute approximate surface area is 139 Å². The average Bonchev–Trinajstić information content (AvgIpc) is 2.97. The van der Waals surface area contributed by atoms with Gasteiger partial charge in [0, 0.05) is 29.1 Å². The highest BCUT2D eigenvalue weighted by Gasteiger charge is 2.31. The summed E-state index contributed by atoms with van der Waals surface area (Å²) in [5.74, 6) is -4.10. The van der Waals surface area contributed by atoms with Crippen LogP contribution >= 0.6 is 0 Å². The molecule has 0 bridgehead atoms. The lowest BCUT2D eigenvalue weighted by atomic mass is 9.94. The second kappa shape index (κ2) is 5.53. The van der Waals surface area contributed by atoms with Gasteiger partial charge in [-0.3, -0.25) is 9.97 Å². The standard InChI is InChI=1S/C18H7F3N4/c19-12-8-25-18(21)15(20)14(12)11(7-22)13-9-3-1-5-23-16(9)17-10(13)4-2-6-24-17/h1-6,8H. The second-order valence-corrected chi connectivity index (χ2v) is 5.25. The molecular weight excluding hydrogens is 329 g/mol. The fourth-order valence-corrected chi connectivity index (χ4v) is 2.91. The molecule has 0 saturated heterocycles. The normalized spacial score (nSPS) is 11.7. The van der Waals surface area contributed by atoms with Crippen molar-refractivity contribution in [2.75, 3.05) is 0 Å². The van der Waals surface area contributed by atoms with E-state index in [1.807, 2.05) is 0 Å². The first-order valence-electron chi connectivity index (χ1n) is 7.19. The predicted molar refractivity (Wildman–Crippen MR) is 83.1 cm³/mol. The summed E-state index contributed by atoms with van der Waals surface area (Å²) in [6.45, 7) is 0. The van der Waals surface area contributed by atoms with Crippen LogP contribution in [-0.4, -0.2) is 15.0 Å². The largest absolute Gasteiger partial charge is 0.254 e. The molecule has 25 heavy (non-hydrogen) atoms. The number of hydrogen-bond donors (Lipinski definition) is 0. The van der Waals surface area contributed by atoms with Gasteiger partial charge in [0.05, 0.1) is 28.7 Å². The Kier molecular flexibility index (Phi) is 3.32. The van der Waals surface area contributed by atoms with Crippen LogP contribution in [0.5, 0.6) is 0 Å². The molecule has 4 rings (SSSR count). The summed E-state index contributed by atoms with van der Waals surface area (Å²) in [4.78, 5) is 11.5. The van der Waals surface area contributed by atoms with Crippen molar-refractivity contribution in [3.63, 3.8) is 0 Å². The second-order valence-electron chi connectivity index (χ2n) is 5.25. The molecular formula is C18H7F3N4. The number of rotatable bonds is 1. The van der Waals surface area contributed by atoms with E-state index in [0.717, 1.165) is 0 Å². The topological polar surface area (TPSA) is 62.5 Å². The number of nitriles is 1. The van der Waals surface area contributed by atoms with E-state index in [0.29, 0.717) is 28.7 Å². The van der Waals surface area contributed by atoms with Crippen molar-refractivity contribution in [3.8, 4) is 17.5 Å². The Morgan fingerprint density at radius 3 is 2.08 bits per heavy atom. The smallest absolute Gasteiger partial charge is 0.249 e. The van der Waals surface area contributed by atoms with Crippen molar-refractivity contribution in [2.45, 2.75) is 0 Å². The summed E-state index contributed by atoms with van der Waals surface area (Å²) >= 11 is 0. The number of halogens is 3. The Morgan fingerprint density at radius 2 is 1.52 bits per heavy atom. The van der Waals surface area contributed by atoms with E-state index in [4.69, 9.17) is 0 Å². The van der Waals surface area contributed by atoms with E-state index < -0.39 is 23.1 Å². The molecule has 0 atom stereocenters. The summed E-state index contributed by atoms with van der Waals surface area (Å²) < 4.78 is 41.9. The molecule has 4 nitrogen and oxygen atoms in total. The molecule has 3 aromatic rings. The third kappa shape index (κ3) is 2.11. The fraction of sp³-hybridized carbons (Fsp3) is 0. The average molecular weight is 336 g/mol. The zero-order valence-corrected chi connectivity index (χ0v) is 12.5. The molecule has 0 saturated carbocycles. The van der Waals surface area contributed by atoms with E-state index in [-0.39, 0.29) is 11.1 Å². The number of aromatic nitrogens is 3. The summed E-state index contributed by atoms with van der Waals surface area (Å²) in [6, 6.07) is 8.42. The van der Waals surface area contributed by atoms with Crippen LogP contribution in [0.4, 0.5) is 13.2 Å². The molecule has 0 aromatic carbocycles. The molecule has 0 spiro atoms. The molecule has 0 fully saturated rings. The molecule has 3 heterocycles. The summed E-state index contributed by atoms with van der Waals surface area (Å²) in [7, 11) is 0. The van der Waals surface area contributed by atoms with Gasteiger partial charge >= 0.3 is 0 Å². The SMILES string of the molecule is N#CC(=C1c2cccnc2-c2ncccc21)c1c(F)cnc(F)c1F. The molecule has 0 N–H and O–H groups in total. The first-order valence-corrected chi connectivity index (χ1v) is 7.19. The lowest BCUT2D eigenvalue weighted by Crippen LogP contribution is -2.02. The first-order chi connectivity index (χ1) is 12.1. The van der Waals surface area contributed by atoms with Crippen molar-refractivity contribution in [3.05, 3.63) is 77.1 Å². The van der Waals surface area contributed by atoms with Gasteiger partial charge in [-0.2, -0.15) is 9.65 Å². The maximum absolute atomic E-state index is 14.2. The predicted octanol–water partition coefficient (Wildman–Crippen LogP) is 3.75. The van der Waals surface area contributed by atoms with Crippen molar-refractivity contribution < 1.29 is 13.2 Å². The Bertz CT molecular complexity index is 1050. The van der Waals surface area contributed by atoms with E-state index in [1.165, 1.54) is 0 Å². The molecule has 0 aliphatic heterocycles. The highest BCUT2D eigenvalue weighted by molar-refractivity contribution is 6.11. The van der Waals surface area contributed by atoms with Crippen LogP contribution in [0.2, 0.25) is 0 Å². The molecule has 3 aromatic heterocycles. The quantitative estimate of drug-likeness (QED) is 0.392. The number of nitrogens with zero attached hydrogens (tertiary/aromatic N) is 4. The van der Waals surface area contributed by atoms with E-state index in [9.17, 15) is 18.4 Å². The lowest BCUT2D eigenvalue weighted by molar-refractivity contribution is 0.461. The number of allylic oxidation sites excluding steroid dienone is 1. The van der Waals surface area contributed by atoms with Gasteiger partial charge in [-0.15, -0.1) is 0 Å². The lowest BCUT2D eigenvalue weighted by Gasteiger charge is -2.09. The van der Waals surface area contributed by atoms with Gasteiger partial charge in [-0.25, -0.2) is 13.8 Å². The van der Waals surface area contributed by atoms with E-state index in [2.05, 4.69) is 15.0 Å². The molecule has 1 aliphatic carbocycles. The third-order valence-corrected chi connectivity index (χ3v) is 3.92. The van der Waals surface area contributed by atoms with Crippen molar-refractivity contribution in [1.29, 1.82) is 5.26 Å². The number of fused-ring (bicyclic) bond motifs is 3. The minimum atomic E-state index is -1.51. The summed E-state index contributed by atoms with van der Waals surface area (Å²) in [6.07, 6.45) is 3.66. The first kappa shape index (κ1) is 15.0. The van der Waals surface area contributed by atoms with Crippen LogP contribution in [0, 0.1) is 28.9 Å². The Balaban J connectivity index is 2.15. The van der Waals surface area contributed by atoms with E-state index >= 15 is 0 Å². The van der Waals surface area contributed by atoms with Crippen LogP contribution in [0.25, 0.3) is 22.5 Å². The van der Waals surface area contributed by atoms with E-state index in [1.54, 1.807) is 42.7 Å². The maximum Gasteiger partial charge on any atom is 0.249 e. The minimum Gasteiger partial charge on any atom is -0.254 e. The van der Waals surface area contributed by atoms with Crippen LogP contribution in [-0.2, 0) is 0 Å². The number of hydrogen-bond acceptors (Lipinski definition) is 4. The van der Waals surface area contributed by atoms with Crippen molar-refractivity contribution in [2.24, 2.45) is 0 Å². The van der Waals surface area contributed by atoms with Crippen LogP contribution in [0.1, 0.15) is 16.7 Å². The summed E-state index contributed by atoms with van der Waals surface area (Å²) in [5, 5.41) is 9.61. The Hall–Kier alpha value is -3.53. The van der Waals surface area contributed by atoms with Gasteiger partial charge in [0.25, 0.3) is 0 Å². The molecule has 7 heteroatoms. The van der Waals surface area contributed by atoms with Crippen LogP contribution in [0.15, 0.2) is 42.9 Å². The minimum absolute atomic E-state index is 0.261. The molecule has 120 valence electrons. The van der Waals surface area contributed by atoms with Crippen molar-refractivity contribution in [1.82, 2.24) is 15.0 Å². The van der Waals surface area contributed by atoms with Gasteiger partial charge in [-0.05, 0) is 12.1 Å². The maximum atomic E-state index is 14.2.